The summed E-state index contributed by atoms with van der Waals surface area (Å²) in [6, 6.07) is 8.82. The van der Waals surface area contributed by atoms with Gasteiger partial charge < -0.3 is 9.47 Å². The Hall–Kier alpha value is -2.33. The number of hydrogen-bond acceptors (Lipinski definition) is 4. The molecule has 3 heterocycles. The van der Waals surface area contributed by atoms with Crippen LogP contribution in [-0.2, 0) is 28.1 Å². The molecular weight excluding hydrogens is 455 g/mol. The van der Waals surface area contributed by atoms with Crippen LogP contribution < -0.4 is 0 Å². The first-order chi connectivity index (χ1) is 15.5. The number of nitrogens with zero attached hydrogens (tertiary/aromatic N) is 3. The number of likely N-dealkylation sites (tertiary alicyclic amines) is 1. The molecule has 1 aromatic heterocycles. The standard InChI is InChI=1S/C23H26F3N3O3S/c1-27-14-15-29-19(8-9-20(29)23(24,25)26)22(27)10-12-28(13-11-22)21(30)16-2-4-17(5-3-16)33(31,32)18-6-7-18/h2-5,8-9,18H,6-7,10-15H2,1H3. The van der Waals surface area contributed by atoms with Crippen molar-refractivity contribution in [2.75, 3.05) is 26.7 Å². The van der Waals surface area contributed by atoms with Crippen LogP contribution in [0.2, 0.25) is 0 Å². The fourth-order valence-electron chi connectivity index (χ4n) is 5.28. The van der Waals surface area contributed by atoms with Gasteiger partial charge in [-0.3, -0.25) is 9.69 Å². The molecule has 0 radical (unpaired) electrons. The highest BCUT2D eigenvalue weighted by Gasteiger charge is 2.47. The van der Waals surface area contributed by atoms with Gasteiger partial charge in [0.25, 0.3) is 5.91 Å². The molecule has 2 aromatic rings. The van der Waals surface area contributed by atoms with Crippen LogP contribution in [0.25, 0.3) is 0 Å². The normalized spacial score (nSPS) is 21.3. The molecule has 2 aliphatic heterocycles. The third-order valence-corrected chi connectivity index (χ3v) is 9.69. The molecule has 1 aromatic carbocycles. The van der Waals surface area contributed by atoms with Gasteiger partial charge in [0.15, 0.2) is 9.84 Å². The van der Waals surface area contributed by atoms with E-state index in [0.29, 0.717) is 56.6 Å². The molecule has 33 heavy (non-hydrogen) atoms. The first-order valence-corrected chi connectivity index (χ1v) is 12.7. The molecule has 0 atom stereocenters. The Kier molecular flexibility index (Phi) is 5.17. The van der Waals surface area contributed by atoms with E-state index in [-0.39, 0.29) is 22.6 Å². The van der Waals surface area contributed by atoms with Gasteiger partial charge in [0.2, 0.25) is 0 Å². The highest BCUT2D eigenvalue weighted by Crippen LogP contribution is 2.44. The van der Waals surface area contributed by atoms with Crippen LogP contribution >= 0.6 is 0 Å². The summed E-state index contributed by atoms with van der Waals surface area (Å²) >= 11 is 0. The average molecular weight is 482 g/mol. The Morgan fingerprint density at radius 1 is 0.970 bits per heavy atom. The van der Waals surface area contributed by atoms with Gasteiger partial charge in [-0.25, -0.2) is 8.42 Å². The first-order valence-electron chi connectivity index (χ1n) is 11.2. The van der Waals surface area contributed by atoms with Crippen LogP contribution in [0.5, 0.6) is 0 Å². The van der Waals surface area contributed by atoms with Gasteiger partial charge >= 0.3 is 6.18 Å². The largest absolute Gasteiger partial charge is 0.431 e. The SMILES string of the molecule is CN1CCn2c(C(F)(F)F)ccc2C12CCN(C(=O)c1ccc(S(=O)(=O)C3CC3)cc1)CC2. The summed E-state index contributed by atoms with van der Waals surface area (Å²) in [5.41, 5.74) is -0.0868. The number of alkyl halides is 3. The van der Waals surface area contributed by atoms with E-state index >= 15 is 0 Å². The van der Waals surface area contributed by atoms with Gasteiger partial charge in [-0.05, 0) is 69.1 Å². The maximum absolute atomic E-state index is 13.4. The number of sulfone groups is 1. The van der Waals surface area contributed by atoms with Gasteiger partial charge in [0.05, 0.1) is 15.7 Å². The molecule has 6 nitrogen and oxygen atoms in total. The summed E-state index contributed by atoms with van der Waals surface area (Å²) in [6.45, 7) is 1.62. The topological polar surface area (TPSA) is 62.6 Å². The molecule has 2 fully saturated rings. The fraction of sp³-hybridized carbons (Fsp3) is 0.522. The number of halogens is 3. The first kappa shape index (κ1) is 22.5. The molecule has 0 bridgehead atoms. The second kappa shape index (κ2) is 7.59. The smallest absolute Gasteiger partial charge is 0.338 e. The van der Waals surface area contributed by atoms with Crippen molar-refractivity contribution in [1.82, 2.24) is 14.4 Å². The van der Waals surface area contributed by atoms with Crippen molar-refractivity contribution in [3.8, 4) is 0 Å². The minimum absolute atomic E-state index is 0.190. The van der Waals surface area contributed by atoms with E-state index in [2.05, 4.69) is 4.90 Å². The average Bonchev–Trinajstić information content (AvgIpc) is 3.55. The maximum atomic E-state index is 13.4. The molecule has 0 unspecified atom stereocenters. The predicted molar refractivity (Wildman–Crippen MR) is 116 cm³/mol. The Morgan fingerprint density at radius 2 is 1.61 bits per heavy atom. The van der Waals surface area contributed by atoms with Crippen molar-refractivity contribution in [3.05, 3.63) is 53.3 Å². The highest BCUT2D eigenvalue weighted by molar-refractivity contribution is 7.92. The molecule has 1 spiro atoms. The molecule has 0 N–H and O–H groups in total. The molecule has 1 aliphatic carbocycles. The Labute approximate surface area is 190 Å². The lowest BCUT2D eigenvalue weighted by atomic mass is 9.81. The van der Waals surface area contributed by atoms with E-state index in [1.54, 1.807) is 23.1 Å². The minimum Gasteiger partial charge on any atom is -0.338 e. The van der Waals surface area contributed by atoms with Crippen molar-refractivity contribution >= 4 is 15.7 Å². The van der Waals surface area contributed by atoms with Gasteiger partial charge in [-0.2, -0.15) is 13.2 Å². The summed E-state index contributed by atoms with van der Waals surface area (Å²) in [5.74, 6) is -0.190. The number of likely N-dealkylation sites (N-methyl/N-ethyl adjacent to an activating group) is 1. The van der Waals surface area contributed by atoms with E-state index in [1.165, 1.54) is 16.7 Å². The third kappa shape index (κ3) is 3.67. The molecule has 10 heteroatoms. The number of piperidine rings is 1. The van der Waals surface area contributed by atoms with Crippen LogP contribution in [0, 0.1) is 0 Å². The molecule has 1 saturated heterocycles. The van der Waals surface area contributed by atoms with E-state index in [9.17, 15) is 26.4 Å². The molecule has 178 valence electrons. The van der Waals surface area contributed by atoms with Crippen LogP contribution in [0.3, 0.4) is 0 Å². The van der Waals surface area contributed by atoms with Gasteiger partial charge in [0, 0.05) is 37.4 Å². The quantitative estimate of drug-likeness (QED) is 0.673. The lowest BCUT2D eigenvalue weighted by molar-refractivity contribution is -0.144. The van der Waals surface area contributed by atoms with Gasteiger partial charge in [-0.1, -0.05) is 0 Å². The number of fused-ring (bicyclic) bond motifs is 2. The van der Waals surface area contributed by atoms with Crippen LogP contribution in [0.15, 0.2) is 41.3 Å². The minimum atomic E-state index is -4.40. The monoisotopic (exact) mass is 481 g/mol. The van der Waals surface area contributed by atoms with Gasteiger partial charge in [-0.15, -0.1) is 0 Å². The fourth-order valence-corrected chi connectivity index (χ4v) is 6.94. The number of amides is 1. The van der Waals surface area contributed by atoms with Crippen molar-refractivity contribution in [2.24, 2.45) is 0 Å². The Morgan fingerprint density at radius 3 is 2.18 bits per heavy atom. The summed E-state index contributed by atoms with van der Waals surface area (Å²) < 4.78 is 66.5. The van der Waals surface area contributed by atoms with Crippen molar-refractivity contribution in [2.45, 2.75) is 54.1 Å². The van der Waals surface area contributed by atoms with Gasteiger partial charge in [0.1, 0.15) is 5.69 Å². The summed E-state index contributed by atoms with van der Waals surface area (Å²) in [7, 11) is -1.38. The molecule has 5 rings (SSSR count). The van der Waals surface area contributed by atoms with E-state index in [1.807, 2.05) is 7.05 Å². The number of carbonyl (C=O) groups is 1. The van der Waals surface area contributed by atoms with Crippen molar-refractivity contribution in [1.29, 1.82) is 0 Å². The summed E-state index contributed by atoms with van der Waals surface area (Å²) in [5, 5.41) is -0.304. The maximum Gasteiger partial charge on any atom is 0.431 e. The zero-order chi connectivity index (χ0) is 23.6. The van der Waals surface area contributed by atoms with Crippen LogP contribution in [0.4, 0.5) is 13.2 Å². The molecular formula is C23H26F3N3O3S. The number of carbonyl (C=O) groups excluding carboxylic acids is 1. The zero-order valence-electron chi connectivity index (χ0n) is 18.3. The molecule has 1 saturated carbocycles. The summed E-state index contributed by atoms with van der Waals surface area (Å²) in [6.07, 6.45) is -1.97. The molecule has 3 aliphatic rings. The third-order valence-electron chi connectivity index (χ3n) is 7.41. The summed E-state index contributed by atoms with van der Waals surface area (Å²) in [4.78, 5) is 17.1. The Balaban J connectivity index is 1.33. The lowest BCUT2D eigenvalue weighted by Gasteiger charge is -2.50. The zero-order valence-corrected chi connectivity index (χ0v) is 19.1. The van der Waals surface area contributed by atoms with Crippen molar-refractivity contribution in [3.63, 3.8) is 0 Å². The number of benzene rings is 1. The predicted octanol–water partition coefficient (Wildman–Crippen LogP) is 3.52. The second-order valence-electron chi connectivity index (χ2n) is 9.27. The second-order valence-corrected chi connectivity index (χ2v) is 11.5. The number of hydrogen-bond donors (Lipinski definition) is 0. The van der Waals surface area contributed by atoms with E-state index < -0.39 is 27.2 Å². The molecule has 1 amide bonds. The highest BCUT2D eigenvalue weighted by atomic mass is 32.2. The number of rotatable bonds is 3. The van der Waals surface area contributed by atoms with E-state index in [0.717, 1.165) is 6.07 Å². The Bertz CT molecular complexity index is 1180. The van der Waals surface area contributed by atoms with Crippen LogP contribution in [0.1, 0.15) is 47.4 Å². The van der Waals surface area contributed by atoms with Crippen LogP contribution in [-0.4, -0.2) is 60.6 Å². The number of aromatic nitrogens is 1. The van der Waals surface area contributed by atoms with E-state index in [4.69, 9.17) is 0 Å². The van der Waals surface area contributed by atoms with Crippen molar-refractivity contribution < 1.29 is 26.4 Å². The lowest BCUT2D eigenvalue weighted by Crippen LogP contribution is -2.56.